The summed E-state index contributed by atoms with van der Waals surface area (Å²) >= 11 is 0. The number of alkyl halides is 2. The van der Waals surface area contributed by atoms with Crippen LogP contribution in [0, 0.1) is 0 Å². The van der Waals surface area contributed by atoms with E-state index < -0.39 is 12.0 Å². The molecule has 94 valence electrons. The van der Waals surface area contributed by atoms with Gasteiger partial charge < -0.3 is 9.64 Å². The van der Waals surface area contributed by atoms with Gasteiger partial charge in [0.1, 0.15) is 5.75 Å². The van der Waals surface area contributed by atoms with Crippen LogP contribution >= 0.6 is 0 Å². The number of rotatable bonds is 4. The number of nitrogens with one attached hydrogen (secondary N) is 1. The average molecular weight is 245 g/mol. The van der Waals surface area contributed by atoms with Crippen molar-refractivity contribution in [1.82, 2.24) is 5.43 Å². The Balaban J connectivity index is 2.88. The van der Waals surface area contributed by atoms with E-state index in [1.54, 1.807) is 31.1 Å². The molecule has 1 aromatic carbocycles. The minimum Gasteiger partial charge on any atom is -0.425 e. The maximum atomic E-state index is 13.1. The van der Waals surface area contributed by atoms with Gasteiger partial charge in [-0.15, -0.1) is 0 Å². The summed E-state index contributed by atoms with van der Waals surface area (Å²) in [5.41, 5.74) is 2.01. The highest BCUT2D eigenvalue weighted by atomic mass is 19.3. The maximum Gasteiger partial charge on any atom is 0.483 e. The monoisotopic (exact) mass is 245 g/mol. The van der Waals surface area contributed by atoms with Crippen molar-refractivity contribution < 1.29 is 18.3 Å². The molecule has 0 atom stereocenters. The molecule has 0 saturated carbocycles. The number of carbonyl (C=O) groups excluding carboxylic acids is 1. The molecule has 0 spiro atoms. The Labute approximate surface area is 97.1 Å². The average Bonchev–Trinajstić information content (AvgIpc) is 2.27. The van der Waals surface area contributed by atoms with E-state index in [9.17, 15) is 13.6 Å². The van der Waals surface area contributed by atoms with Gasteiger partial charge in [-0.3, -0.25) is 10.2 Å². The minimum absolute atomic E-state index is 0.121. The predicted molar refractivity (Wildman–Crippen MR) is 58.7 cm³/mol. The summed E-state index contributed by atoms with van der Waals surface area (Å²) in [6, 6.07) is 5.97. The fourth-order valence-corrected chi connectivity index (χ4v) is 1.10. The number of hydrogen-bond donors (Lipinski definition) is 2. The fourth-order valence-electron chi connectivity index (χ4n) is 1.10. The number of halogens is 2. The Kier molecular flexibility index (Phi) is 3.84. The summed E-state index contributed by atoms with van der Waals surface area (Å²) in [5.74, 6) is 2.80. The van der Waals surface area contributed by atoms with E-state index in [0.29, 0.717) is 5.69 Å². The lowest BCUT2D eigenvalue weighted by atomic mass is 10.3. The smallest absolute Gasteiger partial charge is 0.425 e. The highest BCUT2D eigenvalue weighted by Gasteiger charge is 2.41. The zero-order valence-corrected chi connectivity index (χ0v) is 9.41. The lowest BCUT2D eigenvalue weighted by molar-refractivity contribution is -0.192. The second-order valence-corrected chi connectivity index (χ2v) is 3.48. The number of nitrogens with two attached hydrogens (primary N) is 1. The number of amides is 1. The summed E-state index contributed by atoms with van der Waals surface area (Å²) in [5, 5.41) is 0. The number of hydrogen-bond acceptors (Lipinski definition) is 4. The Morgan fingerprint density at radius 2 is 2.12 bits per heavy atom. The topological polar surface area (TPSA) is 67.6 Å². The summed E-state index contributed by atoms with van der Waals surface area (Å²) in [6.07, 6.45) is -4.00. The number of nitrogens with zero attached hydrogens (tertiary/aromatic N) is 1. The van der Waals surface area contributed by atoms with Crippen LogP contribution in [-0.4, -0.2) is 26.1 Å². The van der Waals surface area contributed by atoms with Crippen LogP contribution in [0.1, 0.15) is 0 Å². The summed E-state index contributed by atoms with van der Waals surface area (Å²) in [7, 11) is 3.51. The highest BCUT2D eigenvalue weighted by molar-refractivity contribution is 5.81. The summed E-state index contributed by atoms with van der Waals surface area (Å²) < 4.78 is 30.5. The Morgan fingerprint density at radius 3 is 2.65 bits per heavy atom. The standard InChI is InChI=1S/C10H13F2N3O2/c1-15(2)7-4-3-5-8(6-7)17-10(11,12)9(16)14-13/h3-6H,13H2,1-2H3,(H,14,16). The zero-order chi connectivity index (χ0) is 13.1. The lowest BCUT2D eigenvalue weighted by Crippen LogP contribution is -2.47. The number of carbonyl (C=O) groups is 1. The van der Waals surface area contributed by atoms with Crippen LogP contribution in [0.25, 0.3) is 0 Å². The Bertz CT molecular complexity index is 410. The van der Waals surface area contributed by atoms with E-state index in [1.807, 2.05) is 0 Å². The zero-order valence-electron chi connectivity index (χ0n) is 9.41. The van der Waals surface area contributed by atoms with Crippen LogP contribution in [0.5, 0.6) is 5.75 Å². The van der Waals surface area contributed by atoms with Crippen molar-refractivity contribution in [3.63, 3.8) is 0 Å². The molecule has 17 heavy (non-hydrogen) atoms. The Morgan fingerprint density at radius 1 is 1.47 bits per heavy atom. The molecule has 1 amide bonds. The van der Waals surface area contributed by atoms with Gasteiger partial charge in [0.2, 0.25) is 0 Å². The molecule has 0 radical (unpaired) electrons. The molecule has 5 nitrogen and oxygen atoms in total. The first-order valence-corrected chi connectivity index (χ1v) is 4.72. The molecular weight excluding hydrogens is 232 g/mol. The third kappa shape index (κ3) is 3.28. The minimum atomic E-state index is -4.00. The van der Waals surface area contributed by atoms with Gasteiger partial charge in [0.05, 0.1) is 0 Å². The number of hydrazine groups is 1. The molecular formula is C10H13F2N3O2. The third-order valence-electron chi connectivity index (χ3n) is 1.98. The van der Waals surface area contributed by atoms with E-state index in [1.165, 1.54) is 17.6 Å². The number of anilines is 1. The first-order valence-electron chi connectivity index (χ1n) is 4.72. The normalized spacial score (nSPS) is 10.9. The van der Waals surface area contributed by atoms with Crippen LogP contribution < -0.4 is 20.9 Å². The van der Waals surface area contributed by atoms with Crippen molar-refractivity contribution in [2.45, 2.75) is 6.11 Å². The van der Waals surface area contributed by atoms with Gasteiger partial charge in [-0.2, -0.15) is 8.78 Å². The number of ether oxygens (including phenoxy) is 1. The van der Waals surface area contributed by atoms with Gasteiger partial charge in [-0.25, -0.2) is 5.84 Å². The first-order chi connectivity index (χ1) is 7.86. The molecule has 0 aliphatic heterocycles. The van der Waals surface area contributed by atoms with Gasteiger partial charge in [0.15, 0.2) is 0 Å². The van der Waals surface area contributed by atoms with E-state index in [4.69, 9.17) is 0 Å². The molecule has 0 unspecified atom stereocenters. The van der Waals surface area contributed by atoms with Crippen molar-refractivity contribution >= 4 is 11.6 Å². The molecule has 0 heterocycles. The summed E-state index contributed by atoms with van der Waals surface area (Å²) in [6.45, 7) is 0. The van der Waals surface area contributed by atoms with Gasteiger partial charge in [0, 0.05) is 25.8 Å². The first kappa shape index (κ1) is 13.2. The molecule has 3 N–H and O–H groups in total. The quantitative estimate of drug-likeness (QED) is 0.466. The second kappa shape index (κ2) is 4.96. The number of benzene rings is 1. The highest BCUT2D eigenvalue weighted by Crippen LogP contribution is 2.25. The molecule has 1 rings (SSSR count). The van der Waals surface area contributed by atoms with Crippen LogP contribution in [0.4, 0.5) is 14.5 Å². The molecule has 1 aromatic rings. The van der Waals surface area contributed by atoms with Crippen molar-refractivity contribution in [2.24, 2.45) is 5.84 Å². The summed E-state index contributed by atoms with van der Waals surface area (Å²) in [4.78, 5) is 12.5. The maximum absolute atomic E-state index is 13.1. The largest absolute Gasteiger partial charge is 0.483 e. The molecule has 0 saturated heterocycles. The van der Waals surface area contributed by atoms with Gasteiger partial charge in [-0.05, 0) is 12.1 Å². The van der Waals surface area contributed by atoms with Crippen LogP contribution in [0.3, 0.4) is 0 Å². The van der Waals surface area contributed by atoms with Gasteiger partial charge >= 0.3 is 12.0 Å². The molecule has 0 fully saturated rings. The molecule has 0 aliphatic carbocycles. The van der Waals surface area contributed by atoms with E-state index in [-0.39, 0.29) is 5.75 Å². The Hall–Kier alpha value is -1.89. The van der Waals surface area contributed by atoms with Crippen LogP contribution in [0.15, 0.2) is 24.3 Å². The van der Waals surface area contributed by atoms with Crippen LogP contribution in [-0.2, 0) is 4.79 Å². The lowest BCUT2D eigenvalue weighted by Gasteiger charge is -2.18. The van der Waals surface area contributed by atoms with Crippen molar-refractivity contribution in [3.8, 4) is 5.75 Å². The van der Waals surface area contributed by atoms with E-state index in [2.05, 4.69) is 10.6 Å². The van der Waals surface area contributed by atoms with Gasteiger partial charge in [0.25, 0.3) is 0 Å². The fraction of sp³-hybridized carbons (Fsp3) is 0.300. The third-order valence-corrected chi connectivity index (χ3v) is 1.98. The van der Waals surface area contributed by atoms with Crippen molar-refractivity contribution in [3.05, 3.63) is 24.3 Å². The predicted octanol–water partition coefficient (Wildman–Crippen LogP) is 0.714. The van der Waals surface area contributed by atoms with E-state index >= 15 is 0 Å². The van der Waals surface area contributed by atoms with E-state index in [0.717, 1.165) is 0 Å². The molecule has 0 aromatic heterocycles. The van der Waals surface area contributed by atoms with Crippen LogP contribution in [0.2, 0.25) is 0 Å². The van der Waals surface area contributed by atoms with Crippen molar-refractivity contribution in [2.75, 3.05) is 19.0 Å². The molecule has 0 aliphatic rings. The second-order valence-electron chi connectivity index (χ2n) is 3.48. The van der Waals surface area contributed by atoms with Gasteiger partial charge in [-0.1, -0.05) is 6.07 Å². The van der Waals surface area contributed by atoms with Crippen molar-refractivity contribution in [1.29, 1.82) is 0 Å². The molecule has 0 bridgehead atoms. The molecule has 7 heteroatoms. The SMILES string of the molecule is CN(C)c1cccc(OC(F)(F)C(=O)NN)c1.